The van der Waals surface area contributed by atoms with Crippen molar-refractivity contribution in [3.05, 3.63) is 180 Å². The predicted molar refractivity (Wildman–Crippen MR) is 223 cm³/mol. The fraction of sp³-hybridized carbons (Fsp3) is 0.216. The summed E-state index contributed by atoms with van der Waals surface area (Å²) in [6.07, 6.45) is 12.5. The van der Waals surface area contributed by atoms with E-state index in [0.29, 0.717) is 5.41 Å². The number of rotatable bonds is 9. The third kappa shape index (κ3) is 7.78. The van der Waals surface area contributed by atoms with Gasteiger partial charge in [0.15, 0.2) is 0 Å². The van der Waals surface area contributed by atoms with E-state index in [0.717, 1.165) is 35.4 Å². The Balaban J connectivity index is 0.985. The van der Waals surface area contributed by atoms with Crippen LogP contribution in [-0.4, -0.2) is 9.97 Å². The van der Waals surface area contributed by atoms with Crippen molar-refractivity contribution < 1.29 is 0 Å². The number of nitrogens with zero attached hydrogens (tertiary/aromatic N) is 2. The minimum absolute atomic E-state index is 0.316. The second-order valence-corrected chi connectivity index (χ2v) is 15.4. The van der Waals surface area contributed by atoms with Crippen molar-refractivity contribution in [2.75, 3.05) is 0 Å². The summed E-state index contributed by atoms with van der Waals surface area (Å²) in [6, 6.07) is 51.5. The maximum atomic E-state index is 4.78. The first-order valence-electron chi connectivity index (χ1n) is 19.3. The number of benzene rings is 5. The molecule has 1 aliphatic carbocycles. The SMILES string of the molecule is Cc1ccc(-c2ccc(CCc3cc(C)cc(-c4ccccc4-c4ccc(-c5cc(-c6ccc(C7(C)CCCCC7)cc6)ccn5)cc4)c3)cc2)nc1. The molecule has 0 saturated heterocycles. The minimum Gasteiger partial charge on any atom is -0.256 e. The van der Waals surface area contributed by atoms with Crippen LogP contribution in [0.5, 0.6) is 0 Å². The summed E-state index contributed by atoms with van der Waals surface area (Å²) in [5.41, 5.74) is 18.7. The molecule has 2 heterocycles. The Labute approximate surface area is 315 Å². The highest BCUT2D eigenvalue weighted by Crippen LogP contribution is 2.40. The molecule has 53 heavy (non-hydrogen) atoms. The van der Waals surface area contributed by atoms with Crippen LogP contribution in [0.15, 0.2) is 152 Å². The summed E-state index contributed by atoms with van der Waals surface area (Å²) in [6.45, 7) is 6.72. The van der Waals surface area contributed by atoms with Crippen molar-refractivity contribution in [3.63, 3.8) is 0 Å². The third-order valence-electron chi connectivity index (χ3n) is 11.4. The van der Waals surface area contributed by atoms with E-state index in [4.69, 9.17) is 4.98 Å². The fourth-order valence-electron chi connectivity index (χ4n) is 8.19. The molecular weight excluding hydrogens is 641 g/mol. The van der Waals surface area contributed by atoms with E-state index in [2.05, 4.69) is 165 Å². The summed E-state index contributed by atoms with van der Waals surface area (Å²) in [4.78, 5) is 9.37. The van der Waals surface area contributed by atoms with Crippen molar-refractivity contribution in [1.82, 2.24) is 9.97 Å². The van der Waals surface area contributed by atoms with E-state index >= 15 is 0 Å². The first-order chi connectivity index (χ1) is 25.9. The van der Waals surface area contributed by atoms with Gasteiger partial charge < -0.3 is 0 Å². The Morgan fingerprint density at radius 2 is 1.11 bits per heavy atom. The van der Waals surface area contributed by atoms with Crippen molar-refractivity contribution >= 4 is 0 Å². The summed E-state index contributed by atoms with van der Waals surface area (Å²) in [5, 5.41) is 0. The van der Waals surface area contributed by atoms with Crippen LogP contribution in [0, 0.1) is 13.8 Å². The molecule has 0 unspecified atom stereocenters. The minimum atomic E-state index is 0.316. The van der Waals surface area contributed by atoms with E-state index in [1.54, 1.807) is 0 Å². The average molecular weight is 689 g/mol. The second-order valence-electron chi connectivity index (χ2n) is 15.4. The van der Waals surface area contributed by atoms with Gasteiger partial charge in [-0.1, -0.05) is 153 Å². The first-order valence-corrected chi connectivity index (χ1v) is 19.3. The average Bonchev–Trinajstić information content (AvgIpc) is 3.21. The van der Waals surface area contributed by atoms with Crippen molar-refractivity contribution in [1.29, 1.82) is 0 Å². The van der Waals surface area contributed by atoms with Gasteiger partial charge in [-0.25, -0.2) is 0 Å². The molecule has 0 bridgehead atoms. The number of pyridine rings is 2. The highest BCUT2D eigenvalue weighted by molar-refractivity contribution is 5.85. The zero-order valence-electron chi connectivity index (χ0n) is 31.3. The molecule has 1 aliphatic rings. The molecular formula is C51H48N2. The maximum absolute atomic E-state index is 4.78. The van der Waals surface area contributed by atoms with Crippen LogP contribution in [0.25, 0.3) is 55.9 Å². The molecule has 262 valence electrons. The molecule has 1 saturated carbocycles. The van der Waals surface area contributed by atoms with Gasteiger partial charge in [-0.3, -0.25) is 9.97 Å². The number of hydrogen-bond donors (Lipinski definition) is 0. The molecule has 2 nitrogen and oxygen atoms in total. The molecule has 2 heteroatoms. The Morgan fingerprint density at radius 1 is 0.472 bits per heavy atom. The summed E-state index contributed by atoms with van der Waals surface area (Å²) in [5.74, 6) is 0. The second kappa shape index (κ2) is 15.2. The molecule has 0 spiro atoms. The maximum Gasteiger partial charge on any atom is 0.0708 e. The van der Waals surface area contributed by atoms with E-state index in [9.17, 15) is 0 Å². The van der Waals surface area contributed by atoms with Gasteiger partial charge in [0, 0.05) is 23.5 Å². The Bertz CT molecular complexity index is 2310. The lowest BCUT2D eigenvalue weighted by molar-refractivity contribution is 0.319. The van der Waals surface area contributed by atoms with E-state index in [1.807, 2.05) is 12.4 Å². The molecule has 0 aliphatic heterocycles. The topological polar surface area (TPSA) is 25.8 Å². The summed E-state index contributed by atoms with van der Waals surface area (Å²) in [7, 11) is 0. The van der Waals surface area contributed by atoms with Crippen LogP contribution in [0.1, 0.15) is 66.8 Å². The van der Waals surface area contributed by atoms with E-state index in [1.165, 1.54) is 93.3 Å². The molecule has 0 N–H and O–H groups in total. The number of aromatic nitrogens is 2. The highest BCUT2D eigenvalue weighted by atomic mass is 14.7. The zero-order chi connectivity index (χ0) is 36.2. The van der Waals surface area contributed by atoms with Crippen LogP contribution < -0.4 is 0 Å². The molecule has 0 amide bonds. The molecule has 1 fully saturated rings. The van der Waals surface area contributed by atoms with Crippen molar-refractivity contribution in [2.24, 2.45) is 0 Å². The largest absolute Gasteiger partial charge is 0.256 e. The number of aryl methyl sites for hydroxylation is 4. The van der Waals surface area contributed by atoms with Gasteiger partial charge in [0.05, 0.1) is 11.4 Å². The molecule has 0 atom stereocenters. The fourth-order valence-corrected chi connectivity index (χ4v) is 8.19. The first kappa shape index (κ1) is 34.5. The van der Waals surface area contributed by atoms with Crippen LogP contribution in [0.4, 0.5) is 0 Å². The quantitative estimate of drug-likeness (QED) is 0.151. The van der Waals surface area contributed by atoms with Gasteiger partial charge >= 0.3 is 0 Å². The Kier molecular flexibility index (Phi) is 9.87. The molecule has 8 rings (SSSR count). The Hall–Kier alpha value is -5.60. The van der Waals surface area contributed by atoms with Crippen molar-refractivity contribution in [2.45, 2.75) is 71.1 Å². The van der Waals surface area contributed by atoms with Crippen LogP contribution in [0.3, 0.4) is 0 Å². The predicted octanol–water partition coefficient (Wildman–Crippen LogP) is 13.4. The van der Waals surface area contributed by atoms with Crippen LogP contribution in [0.2, 0.25) is 0 Å². The highest BCUT2D eigenvalue weighted by Gasteiger charge is 2.28. The van der Waals surface area contributed by atoms with Crippen LogP contribution >= 0.6 is 0 Å². The lowest BCUT2D eigenvalue weighted by atomic mass is 9.71. The molecule has 2 aromatic heterocycles. The van der Waals surface area contributed by atoms with Gasteiger partial charge in [0.1, 0.15) is 0 Å². The van der Waals surface area contributed by atoms with Gasteiger partial charge in [0.2, 0.25) is 0 Å². The van der Waals surface area contributed by atoms with Crippen LogP contribution in [-0.2, 0) is 18.3 Å². The van der Waals surface area contributed by atoms with Gasteiger partial charge in [-0.05, 0) is 119 Å². The van der Waals surface area contributed by atoms with Gasteiger partial charge in [0.25, 0.3) is 0 Å². The summed E-state index contributed by atoms with van der Waals surface area (Å²) >= 11 is 0. The Morgan fingerprint density at radius 3 is 1.83 bits per heavy atom. The van der Waals surface area contributed by atoms with E-state index in [-0.39, 0.29) is 0 Å². The molecule has 5 aromatic carbocycles. The lowest BCUT2D eigenvalue weighted by Gasteiger charge is -2.34. The molecule has 7 aromatic rings. The standard InChI is InChI=1S/C51H48N2/c1-36-11-26-49(53-35-36)42-16-14-38(15-17-42)12-13-39-31-37(2)32-45(33-39)48-10-6-5-9-47(48)41-18-20-43(21-19-41)50-34-44(27-30-52-50)40-22-24-46(25-23-40)51(3)28-7-4-8-29-51/h5-6,9-11,14-27,30-35H,4,7-8,12-13,28-29H2,1-3H3. The monoisotopic (exact) mass is 688 g/mol. The van der Waals surface area contributed by atoms with Gasteiger partial charge in [-0.2, -0.15) is 0 Å². The van der Waals surface area contributed by atoms with Crippen molar-refractivity contribution in [3.8, 4) is 55.9 Å². The summed E-state index contributed by atoms with van der Waals surface area (Å²) < 4.78 is 0. The third-order valence-corrected chi connectivity index (χ3v) is 11.4. The van der Waals surface area contributed by atoms with E-state index < -0.39 is 0 Å². The molecule has 0 radical (unpaired) electrons. The normalized spacial score (nSPS) is 13.9. The lowest BCUT2D eigenvalue weighted by Crippen LogP contribution is -2.24. The number of hydrogen-bond acceptors (Lipinski definition) is 2. The smallest absolute Gasteiger partial charge is 0.0708 e. The zero-order valence-corrected chi connectivity index (χ0v) is 31.3. The van der Waals surface area contributed by atoms with Gasteiger partial charge in [-0.15, -0.1) is 0 Å².